The third-order valence-electron chi connectivity index (χ3n) is 6.02. The summed E-state index contributed by atoms with van der Waals surface area (Å²) >= 11 is 0. The van der Waals surface area contributed by atoms with Crippen LogP contribution in [-0.4, -0.2) is 17.7 Å². The van der Waals surface area contributed by atoms with E-state index in [2.05, 4.69) is 26.1 Å². The highest BCUT2D eigenvalue weighted by molar-refractivity contribution is 6.05. The molecule has 5 nitrogen and oxygen atoms in total. The fourth-order valence-corrected chi connectivity index (χ4v) is 3.84. The second kappa shape index (κ2) is 11.0. The molecule has 4 rings (SSSR count). The molecule has 1 amide bonds. The largest absolute Gasteiger partial charge is 0.445 e. The molecule has 5 heteroatoms. The van der Waals surface area contributed by atoms with Crippen LogP contribution in [0.1, 0.15) is 69.1 Å². The molecule has 4 aromatic carbocycles. The van der Waals surface area contributed by atoms with Crippen LogP contribution in [0.4, 0.5) is 5.69 Å². The number of benzene rings is 4. The lowest BCUT2D eigenvalue weighted by molar-refractivity contribution is 0.0280. The SMILES string of the molecule is CC(C)(C)c1ccc(C(=O)Nc2ccc(C(=O)O[C@H](C(=O)c3ccccc3)c3ccccc3)cc2)cc1. The molecular formula is C32H29NO4. The van der Waals surface area contributed by atoms with Crippen molar-refractivity contribution in [2.75, 3.05) is 5.32 Å². The number of hydrogen-bond acceptors (Lipinski definition) is 4. The molecule has 37 heavy (non-hydrogen) atoms. The molecule has 0 saturated carbocycles. The van der Waals surface area contributed by atoms with Crippen LogP contribution in [0.3, 0.4) is 0 Å². The molecule has 0 radical (unpaired) electrons. The summed E-state index contributed by atoms with van der Waals surface area (Å²) in [6.07, 6.45) is -1.08. The molecule has 0 saturated heterocycles. The third-order valence-corrected chi connectivity index (χ3v) is 6.02. The summed E-state index contributed by atoms with van der Waals surface area (Å²) in [7, 11) is 0. The van der Waals surface area contributed by atoms with Gasteiger partial charge in [-0.15, -0.1) is 0 Å². The lowest BCUT2D eigenvalue weighted by atomic mass is 9.87. The van der Waals surface area contributed by atoms with Gasteiger partial charge in [-0.05, 0) is 47.4 Å². The summed E-state index contributed by atoms with van der Waals surface area (Å²) in [5, 5.41) is 2.84. The number of anilines is 1. The fourth-order valence-electron chi connectivity index (χ4n) is 3.84. The van der Waals surface area contributed by atoms with Gasteiger partial charge < -0.3 is 10.1 Å². The van der Waals surface area contributed by atoms with E-state index in [1.54, 1.807) is 84.9 Å². The van der Waals surface area contributed by atoms with E-state index in [1.165, 1.54) is 0 Å². The fraction of sp³-hybridized carbons (Fsp3) is 0.156. The minimum Gasteiger partial charge on any atom is -0.445 e. The van der Waals surface area contributed by atoms with Crippen LogP contribution in [0.5, 0.6) is 0 Å². The zero-order valence-electron chi connectivity index (χ0n) is 21.1. The highest BCUT2D eigenvalue weighted by Gasteiger charge is 2.26. The van der Waals surface area contributed by atoms with Gasteiger partial charge in [0.15, 0.2) is 6.10 Å². The van der Waals surface area contributed by atoms with Crippen molar-refractivity contribution in [1.29, 1.82) is 0 Å². The Kier molecular flexibility index (Phi) is 7.63. The second-order valence-corrected chi connectivity index (χ2v) is 9.79. The van der Waals surface area contributed by atoms with Gasteiger partial charge in [-0.2, -0.15) is 0 Å². The molecule has 0 bridgehead atoms. The lowest BCUT2D eigenvalue weighted by Gasteiger charge is -2.19. The van der Waals surface area contributed by atoms with Crippen LogP contribution in [0.15, 0.2) is 109 Å². The Hall–Kier alpha value is -4.51. The summed E-state index contributed by atoms with van der Waals surface area (Å²) in [4.78, 5) is 38.8. The van der Waals surface area contributed by atoms with E-state index in [4.69, 9.17) is 4.74 Å². The number of ketones is 1. The smallest absolute Gasteiger partial charge is 0.339 e. The average molecular weight is 492 g/mol. The van der Waals surface area contributed by atoms with Crippen molar-refractivity contribution in [2.24, 2.45) is 0 Å². The van der Waals surface area contributed by atoms with Crippen LogP contribution >= 0.6 is 0 Å². The van der Waals surface area contributed by atoms with Gasteiger partial charge in [0, 0.05) is 22.4 Å². The maximum Gasteiger partial charge on any atom is 0.339 e. The van der Waals surface area contributed by atoms with Crippen molar-refractivity contribution in [3.63, 3.8) is 0 Å². The molecule has 186 valence electrons. The van der Waals surface area contributed by atoms with Crippen molar-refractivity contribution >= 4 is 23.3 Å². The Morgan fingerprint density at radius 1 is 0.649 bits per heavy atom. The minimum absolute atomic E-state index is 0.00464. The van der Waals surface area contributed by atoms with Gasteiger partial charge in [0.2, 0.25) is 5.78 Å². The predicted octanol–water partition coefficient (Wildman–Crippen LogP) is 7.02. The van der Waals surface area contributed by atoms with Crippen LogP contribution in [0, 0.1) is 0 Å². The number of carbonyl (C=O) groups is 3. The molecule has 0 fully saturated rings. The number of rotatable bonds is 7. The maximum absolute atomic E-state index is 13.2. The number of Topliss-reactive ketones (excluding diaryl/α,β-unsaturated/α-hetero) is 1. The Balaban J connectivity index is 1.46. The van der Waals surface area contributed by atoms with E-state index in [9.17, 15) is 14.4 Å². The highest BCUT2D eigenvalue weighted by Crippen LogP contribution is 2.25. The number of nitrogens with one attached hydrogen (secondary N) is 1. The van der Waals surface area contributed by atoms with Gasteiger partial charge in [-0.3, -0.25) is 9.59 Å². The van der Waals surface area contributed by atoms with E-state index < -0.39 is 12.1 Å². The first kappa shape index (κ1) is 25.6. The van der Waals surface area contributed by atoms with E-state index in [-0.39, 0.29) is 22.7 Å². The Labute approximate surface area is 217 Å². The van der Waals surface area contributed by atoms with Crippen molar-refractivity contribution in [1.82, 2.24) is 0 Å². The minimum atomic E-state index is -1.08. The normalized spacial score (nSPS) is 11.9. The molecular weight excluding hydrogens is 462 g/mol. The highest BCUT2D eigenvalue weighted by atomic mass is 16.5. The van der Waals surface area contributed by atoms with Crippen molar-refractivity contribution in [3.8, 4) is 0 Å². The topological polar surface area (TPSA) is 72.5 Å². The van der Waals surface area contributed by atoms with Crippen molar-refractivity contribution in [2.45, 2.75) is 32.3 Å². The first-order chi connectivity index (χ1) is 17.7. The van der Waals surface area contributed by atoms with Crippen molar-refractivity contribution in [3.05, 3.63) is 137 Å². The monoisotopic (exact) mass is 491 g/mol. The molecule has 1 atom stereocenters. The molecule has 4 aromatic rings. The van der Waals surface area contributed by atoms with Crippen LogP contribution in [-0.2, 0) is 10.2 Å². The molecule has 0 aromatic heterocycles. The molecule has 0 spiro atoms. The Morgan fingerprint density at radius 3 is 1.76 bits per heavy atom. The van der Waals surface area contributed by atoms with Crippen LogP contribution in [0.2, 0.25) is 0 Å². The first-order valence-electron chi connectivity index (χ1n) is 12.1. The van der Waals surface area contributed by atoms with Gasteiger partial charge in [0.25, 0.3) is 5.91 Å². The molecule has 0 aliphatic heterocycles. The van der Waals surface area contributed by atoms with Gasteiger partial charge in [0.05, 0.1) is 5.56 Å². The zero-order valence-corrected chi connectivity index (χ0v) is 21.1. The van der Waals surface area contributed by atoms with Gasteiger partial charge in [-0.1, -0.05) is 93.6 Å². The van der Waals surface area contributed by atoms with Gasteiger partial charge in [-0.25, -0.2) is 4.79 Å². The number of ether oxygens (including phenoxy) is 1. The molecule has 0 unspecified atom stereocenters. The van der Waals surface area contributed by atoms with Crippen LogP contribution < -0.4 is 5.32 Å². The first-order valence-corrected chi connectivity index (χ1v) is 12.1. The van der Waals surface area contributed by atoms with Crippen molar-refractivity contribution < 1.29 is 19.1 Å². The lowest BCUT2D eigenvalue weighted by Crippen LogP contribution is -2.20. The van der Waals surface area contributed by atoms with E-state index in [1.807, 2.05) is 24.3 Å². The summed E-state index contributed by atoms with van der Waals surface area (Å²) in [6.45, 7) is 6.36. The van der Waals surface area contributed by atoms with E-state index in [0.717, 1.165) is 5.56 Å². The maximum atomic E-state index is 13.2. The summed E-state index contributed by atoms with van der Waals surface area (Å²) in [6, 6.07) is 31.6. The Morgan fingerprint density at radius 2 is 1.19 bits per heavy atom. The van der Waals surface area contributed by atoms with Gasteiger partial charge in [0.1, 0.15) is 0 Å². The van der Waals surface area contributed by atoms with Gasteiger partial charge >= 0.3 is 5.97 Å². The quantitative estimate of drug-likeness (QED) is 0.223. The Bertz CT molecular complexity index is 1370. The molecule has 1 N–H and O–H groups in total. The third kappa shape index (κ3) is 6.39. The number of esters is 1. The van der Waals surface area contributed by atoms with E-state index in [0.29, 0.717) is 22.4 Å². The molecule has 0 aliphatic rings. The summed E-state index contributed by atoms with van der Waals surface area (Å²) in [5.74, 6) is -1.18. The second-order valence-electron chi connectivity index (χ2n) is 9.79. The predicted molar refractivity (Wildman–Crippen MR) is 145 cm³/mol. The zero-order chi connectivity index (χ0) is 26.4. The standard InChI is InChI=1S/C32H29NO4/c1-32(2,3)26-18-14-24(15-19-26)30(35)33-27-20-16-25(17-21-27)31(36)37-29(23-12-8-5-9-13-23)28(34)22-10-6-4-7-11-22/h4-21,29H,1-3H3,(H,33,35)/t29-/m0/s1. The molecule has 0 aliphatic carbocycles. The van der Waals surface area contributed by atoms with Crippen LogP contribution in [0.25, 0.3) is 0 Å². The molecule has 0 heterocycles. The number of carbonyl (C=O) groups excluding carboxylic acids is 3. The summed E-state index contributed by atoms with van der Waals surface area (Å²) < 4.78 is 5.69. The van der Waals surface area contributed by atoms with E-state index >= 15 is 0 Å². The number of amides is 1. The summed E-state index contributed by atoms with van der Waals surface area (Å²) in [5.41, 5.74) is 3.55. The number of hydrogen-bond donors (Lipinski definition) is 1. The average Bonchev–Trinajstić information content (AvgIpc) is 2.92.